The Labute approximate surface area is 159 Å². The molecule has 1 N–H and O–H groups in total. The van der Waals surface area contributed by atoms with Gasteiger partial charge in [0.05, 0.1) is 38.8 Å². The number of benzene rings is 2. The quantitative estimate of drug-likeness (QED) is 0.794. The highest BCUT2D eigenvalue weighted by molar-refractivity contribution is 6.04. The first-order valence-corrected chi connectivity index (χ1v) is 8.84. The zero-order valence-corrected chi connectivity index (χ0v) is 15.6. The van der Waals surface area contributed by atoms with Crippen LogP contribution in [0, 0.1) is 0 Å². The maximum absolute atomic E-state index is 12.5. The van der Waals surface area contributed by atoms with Crippen molar-refractivity contribution in [3.8, 4) is 11.5 Å². The number of hydrogen-bond donors (Lipinski definition) is 1. The van der Waals surface area contributed by atoms with E-state index in [-0.39, 0.29) is 5.91 Å². The summed E-state index contributed by atoms with van der Waals surface area (Å²) in [5.41, 5.74) is 2.56. The molecule has 0 aromatic heterocycles. The zero-order valence-electron chi connectivity index (χ0n) is 15.6. The van der Waals surface area contributed by atoms with Crippen molar-refractivity contribution in [2.75, 3.05) is 50.7 Å². The van der Waals surface area contributed by atoms with E-state index in [0.717, 1.165) is 30.0 Å². The number of anilines is 2. The van der Waals surface area contributed by atoms with Crippen molar-refractivity contribution in [1.29, 1.82) is 0 Å². The SMILES string of the molecule is COc1ccc(OC)c(/C=C/C(=O)Nc2ccccc2N2CCOCC2)c1. The normalized spacial score (nSPS) is 14.2. The topological polar surface area (TPSA) is 60.0 Å². The summed E-state index contributed by atoms with van der Waals surface area (Å²) in [6.07, 6.45) is 3.21. The van der Waals surface area contributed by atoms with Crippen LogP contribution in [0.2, 0.25) is 0 Å². The summed E-state index contributed by atoms with van der Waals surface area (Å²) in [6.45, 7) is 3.00. The third-order valence-electron chi connectivity index (χ3n) is 4.36. The van der Waals surface area contributed by atoms with Crippen LogP contribution in [0.5, 0.6) is 11.5 Å². The summed E-state index contributed by atoms with van der Waals surface area (Å²) in [6, 6.07) is 13.2. The van der Waals surface area contributed by atoms with Crippen LogP contribution in [-0.4, -0.2) is 46.4 Å². The van der Waals surface area contributed by atoms with Crippen LogP contribution >= 0.6 is 0 Å². The second-order valence-corrected chi connectivity index (χ2v) is 6.05. The minimum atomic E-state index is -0.208. The smallest absolute Gasteiger partial charge is 0.248 e. The first kappa shape index (κ1) is 18.8. The summed E-state index contributed by atoms with van der Waals surface area (Å²) in [5.74, 6) is 1.17. The number of rotatable bonds is 6. The van der Waals surface area contributed by atoms with Crippen LogP contribution < -0.4 is 19.7 Å². The lowest BCUT2D eigenvalue weighted by molar-refractivity contribution is -0.111. The van der Waals surface area contributed by atoms with E-state index < -0.39 is 0 Å². The van der Waals surface area contributed by atoms with Crippen LogP contribution in [0.1, 0.15) is 5.56 Å². The van der Waals surface area contributed by atoms with Crippen molar-refractivity contribution in [2.24, 2.45) is 0 Å². The van der Waals surface area contributed by atoms with E-state index in [1.165, 1.54) is 6.08 Å². The van der Waals surface area contributed by atoms with Gasteiger partial charge in [0.2, 0.25) is 5.91 Å². The minimum Gasteiger partial charge on any atom is -0.497 e. The molecule has 3 rings (SSSR count). The zero-order chi connectivity index (χ0) is 19.1. The Balaban J connectivity index is 1.74. The molecule has 0 spiro atoms. The van der Waals surface area contributed by atoms with E-state index in [1.807, 2.05) is 42.5 Å². The van der Waals surface area contributed by atoms with Crippen molar-refractivity contribution in [3.63, 3.8) is 0 Å². The van der Waals surface area contributed by atoms with Gasteiger partial charge in [-0.15, -0.1) is 0 Å². The summed E-state index contributed by atoms with van der Waals surface area (Å²) < 4.78 is 16.0. The van der Waals surface area contributed by atoms with E-state index in [1.54, 1.807) is 20.3 Å². The molecule has 1 aliphatic rings. The van der Waals surface area contributed by atoms with Gasteiger partial charge in [0.25, 0.3) is 0 Å². The van der Waals surface area contributed by atoms with Crippen molar-refractivity contribution in [1.82, 2.24) is 0 Å². The molecule has 1 aliphatic heterocycles. The van der Waals surface area contributed by atoms with Gasteiger partial charge in [0.1, 0.15) is 11.5 Å². The summed E-state index contributed by atoms with van der Waals surface area (Å²) >= 11 is 0. The molecule has 1 amide bonds. The molecule has 1 fully saturated rings. The number of nitrogens with zero attached hydrogens (tertiary/aromatic N) is 1. The highest BCUT2D eigenvalue weighted by Crippen LogP contribution is 2.27. The number of morpholine rings is 1. The van der Waals surface area contributed by atoms with Gasteiger partial charge in [-0.25, -0.2) is 0 Å². The molecule has 1 heterocycles. The summed E-state index contributed by atoms with van der Waals surface area (Å²) in [4.78, 5) is 14.7. The van der Waals surface area contributed by atoms with Crippen LogP contribution in [0.3, 0.4) is 0 Å². The maximum atomic E-state index is 12.5. The van der Waals surface area contributed by atoms with E-state index in [9.17, 15) is 4.79 Å². The van der Waals surface area contributed by atoms with Gasteiger partial charge in [-0.2, -0.15) is 0 Å². The number of carbonyl (C=O) groups excluding carboxylic acids is 1. The lowest BCUT2D eigenvalue weighted by Crippen LogP contribution is -2.36. The van der Waals surface area contributed by atoms with E-state index in [2.05, 4.69) is 10.2 Å². The lowest BCUT2D eigenvalue weighted by atomic mass is 10.1. The second-order valence-electron chi connectivity index (χ2n) is 6.05. The Hall–Kier alpha value is -2.99. The average molecular weight is 368 g/mol. The number of amides is 1. The van der Waals surface area contributed by atoms with Gasteiger partial charge in [-0.05, 0) is 36.4 Å². The van der Waals surface area contributed by atoms with E-state index >= 15 is 0 Å². The van der Waals surface area contributed by atoms with Crippen molar-refractivity contribution in [2.45, 2.75) is 0 Å². The molecular formula is C21H24N2O4. The molecule has 0 saturated carbocycles. The molecule has 27 heavy (non-hydrogen) atoms. The van der Waals surface area contributed by atoms with Crippen molar-refractivity contribution in [3.05, 3.63) is 54.1 Å². The monoisotopic (exact) mass is 368 g/mol. The maximum Gasteiger partial charge on any atom is 0.248 e. The Morgan fingerprint density at radius 3 is 2.63 bits per heavy atom. The minimum absolute atomic E-state index is 0.208. The fraction of sp³-hybridized carbons (Fsp3) is 0.286. The number of methoxy groups -OCH3 is 2. The molecule has 142 valence electrons. The van der Waals surface area contributed by atoms with E-state index in [4.69, 9.17) is 14.2 Å². The predicted molar refractivity (Wildman–Crippen MR) is 107 cm³/mol. The predicted octanol–water partition coefficient (Wildman–Crippen LogP) is 3.19. The summed E-state index contributed by atoms with van der Waals surface area (Å²) in [7, 11) is 3.20. The number of hydrogen-bond acceptors (Lipinski definition) is 5. The molecule has 0 atom stereocenters. The molecule has 0 unspecified atom stereocenters. The molecule has 2 aromatic rings. The average Bonchev–Trinajstić information content (AvgIpc) is 2.73. The fourth-order valence-corrected chi connectivity index (χ4v) is 2.97. The number of nitrogens with one attached hydrogen (secondary N) is 1. The van der Waals surface area contributed by atoms with Gasteiger partial charge < -0.3 is 24.4 Å². The number of carbonyl (C=O) groups is 1. The highest BCUT2D eigenvalue weighted by Gasteiger charge is 2.15. The van der Waals surface area contributed by atoms with Gasteiger partial charge in [-0.1, -0.05) is 12.1 Å². The summed E-state index contributed by atoms with van der Waals surface area (Å²) in [5, 5.41) is 2.96. The van der Waals surface area contributed by atoms with Gasteiger partial charge in [-0.3, -0.25) is 4.79 Å². The van der Waals surface area contributed by atoms with Crippen LogP contribution in [0.15, 0.2) is 48.5 Å². The van der Waals surface area contributed by atoms with Crippen molar-refractivity contribution < 1.29 is 19.0 Å². The molecule has 0 aliphatic carbocycles. The molecule has 1 saturated heterocycles. The largest absolute Gasteiger partial charge is 0.497 e. The Bertz CT molecular complexity index is 814. The second kappa shape index (κ2) is 9.09. The number of para-hydroxylation sites is 2. The third kappa shape index (κ3) is 4.80. The molecular weight excluding hydrogens is 344 g/mol. The van der Waals surface area contributed by atoms with Gasteiger partial charge >= 0.3 is 0 Å². The van der Waals surface area contributed by atoms with Crippen LogP contribution in [0.25, 0.3) is 6.08 Å². The molecule has 0 radical (unpaired) electrons. The highest BCUT2D eigenvalue weighted by atomic mass is 16.5. The molecule has 2 aromatic carbocycles. The van der Waals surface area contributed by atoms with Gasteiger partial charge in [0, 0.05) is 24.7 Å². The molecule has 0 bridgehead atoms. The van der Waals surface area contributed by atoms with Crippen molar-refractivity contribution >= 4 is 23.4 Å². The Morgan fingerprint density at radius 2 is 1.89 bits per heavy atom. The first-order valence-electron chi connectivity index (χ1n) is 8.84. The van der Waals surface area contributed by atoms with Crippen LogP contribution in [0.4, 0.5) is 11.4 Å². The first-order chi connectivity index (χ1) is 13.2. The Kier molecular flexibility index (Phi) is 6.33. The molecule has 6 nitrogen and oxygen atoms in total. The fourth-order valence-electron chi connectivity index (χ4n) is 2.97. The Morgan fingerprint density at radius 1 is 1.11 bits per heavy atom. The van der Waals surface area contributed by atoms with Gasteiger partial charge in [0.15, 0.2) is 0 Å². The van der Waals surface area contributed by atoms with E-state index in [0.29, 0.717) is 24.7 Å². The molecule has 6 heteroatoms. The number of ether oxygens (including phenoxy) is 3. The lowest BCUT2D eigenvalue weighted by Gasteiger charge is -2.30. The van der Waals surface area contributed by atoms with Crippen LogP contribution in [-0.2, 0) is 9.53 Å². The third-order valence-corrected chi connectivity index (χ3v) is 4.36. The standard InChI is InChI=1S/C21H24N2O4/c1-25-17-8-9-20(26-2)16(15-17)7-10-21(24)22-18-5-3-4-6-19(18)23-11-13-27-14-12-23/h3-10,15H,11-14H2,1-2H3,(H,22,24)/b10-7+.